The second kappa shape index (κ2) is 9.41. The van der Waals surface area contributed by atoms with Crippen molar-refractivity contribution in [3.8, 4) is 0 Å². The van der Waals surface area contributed by atoms with E-state index < -0.39 is 22.0 Å². The zero-order valence-corrected chi connectivity index (χ0v) is 17.5. The van der Waals surface area contributed by atoms with Gasteiger partial charge < -0.3 is 21.7 Å². The number of sulfonamides is 1. The summed E-state index contributed by atoms with van der Waals surface area (Å²) in [6.45, 7) is 1.56. The summed E-state index contributed by atoms with van der Waals surface area (Å²) in [6, 6.07) is 11.3. The molecule has 9 nitrogen and oxygen atoms in total. The molecule has 10 heteroatoms. The molecule has 0 aliphatic carbocycles. The summed E-state index contributed by atoms with van der Waals surface area (Å²) in [5.74, 6) is -0.213. The summed E-state index contributed by atoms with van der Waals surface area (Å²) < 4.78 is 27.6. The van der Waals surface area contributed by atoms with E-state index in [9.17, 15) is 13.2 Å². The number of amides is 1. The van der Waals surface area contributed by atoms with Crippen LogP contribution in [0.15, 0.2) is 47.4 Å². The molecule has 1 saturated heterocycles. The number of rotatable bonds is 7. The Kier molecular flexibility index (Phi) is 6.91. The summed E-state index contributed by atoms with van der Waals surface area (Å²) >= 11 is 0. The van der Waals surface area contributed by atoms with Gasteiger partial charge in [-0.3, -0.25) is 10.2 Å². The molecule has 0 aromatic heterocycles. The average molecular weight is 433 g/mol. The molecule has 7 N–H and O–H groups in total. The van der Waals surface area contributed by atoms with Crippen LogP contribution in [0.4, 0.5) is 0 Å². The molecule has 1 unspecified atom stereocenters. The largest absolute Gasteiger partial charge is 0.370 e. The van der Waals surface area contributed by atoms with Crippen LogP contribution in [0.2, 0.25) is 0 Å². The summed E-state index contributed by atoms with van der Waals surface area (Å²) in [6.07, 6.45) is 1.83. The number of fused-ring (bicyclic) bond motifs is 1. The number of guanidine groups is 1. The predicted octanol–water partition coefficient (Wildman–Crippen LogP) is 0.167. The molecule has 1 heterocycles. The third-order valence-corrected chi connectivity index (χ3v) is 6.71. The fourth-order valence-corrected chi connectivity index (χ4v) is 4.63. The minimum atomic E-state index is -3.79. The van der Waals surface area contributed by atoms with Gasteiger partial charge in [-0.15, -0.1) is 0 Å². The molecule has 2 atom stereocenters. The van der Waals surface area contributed by atoms with Crippen molar-refractivity contribution >= 4 is 32.7 Å². The fourth-order valence-electron chi connectivity index (χ4n) is 3.54. The van der Waals surface area contributed by atoms with Crippen LogP contribution in [0.1, 0.15) is 12.8 Å². The number of nitrogens with two attached hydrogens (primary N) is 2. The number of nitrogens with one attached hydrogen (secondary N) is 3. The van der Waals surface area contributed by atoms with Crippen molar-refractivity contribution in [1.29, 1.82) is 5.41 Å². The van der Waals surface area contributed by atoms with E-state index in [4.69, 9.17) is 16.9 Å². The number of hydrogen-bond donors (Lipinski definition) is 5. The minimum absolute atomic E-state index is 0.0332. The van der Waals surface area contributed by atoms with Gasteiger partial charge in [0.1, 0.15) is 0 Å². The van der Waals surface area contributed by atoms with Gasteiger partial charge in [0.05, 0.1) is 10.9 Å². The molecule has 162 valence electrons. The molecule has 0 spiro atoms. The number of piperidine rings is 1. The first-order valence-electron chi connectivity index (χ1n) is 9.87. The Hall–Kier alpha value is -2.69. The zero-order chi connectivity index (χ0) is 21.7. The summed E-state index contributed by atoms with van der Waals surface area (Å²) in [5.41, 5.74) is 11.4. The normalized spacial score (nSPS) is 18.2. The van der Waals surface area contributed by atoms with Gasteiger partial charge in [0, 0.05) is 26.2 Å². The van der Waals surface area contributed by atoms with Crippen LogP contribution < -0.4 is 21.5 Å². The van der Waals surface area contributed by atoms with E-state index in [1.165, 1.54) is 6.07 Å². The van der Waals surface area contributed by atoms with E-state index in [-0.39, 0.29) is 23.3 Å². The molecular weight excluding hydrogens is 404 g/mol. The van der Waals surface area contributed by atoms with E-state index in [0.29, 0.717) is 13.1 Å². The van der Waals surface area contributed by atoms with E-state index >= 15 is 0 Å². The fraction of sp³-hybridized carbons (Fsp3) is 0.400. The van der Waals surface area contributed by atoms with Crippen molar-refractivity contribution in [2.45, 2.75) is 23.8 Å². The third-order valence-electron chi connectivity index (χ3n) is 5.29. The molecule has 0 bridgehead atoms. The van der Waals surface area contributed by atoms with E-state index in [1.807, 2.05) is 24.3 Å². The second-order valence-corrected chi connectivity index (χ2v) is 9.32. The van der Waals surface area contributed by atoms with Crippen molar-refractivity contribution in [2.24, 2.45) is 17.4 Å². The highest BCUT2D eigenvalue weighted by Gasteiger charge is 2.23. The Morgan fingerprint density at radius 2 is 1.97 bits per heavy atom. The van der Waals surface area contributed by atoms with Crippen LogP contribution in [0.25, 0.3) is 10.8 Å². The van der Waals surface area contributed by atoms with Gasteiger partial charge >= 0.3 is 0 Å². The van der Waals surface area contributed by atoms with Gasteiger partial charge in [-0.05, 0) is 41.7 Å². The Morgan fingerprint density at radius 3 is 2.70 bits per heavy atom. The van der Waals surface area contributed by atoms with Crippen molar-refractivity contribution in [1.82, 2.24) is 14.9 Å². The van der Waals surface area contributed by atoms with Gasteiger partial charge in [0.25, 0.3) is 0 Å². The lowest BCUT2D eigenvalue weighted by Gasteiger charge is -2.33. The molecule has 1 aliphatic rings. The Bertz CT molecular complexity index is 1030. The highest BCUT2D eigenvalue weighted by molar-refractivity contribution is 7.89. The first-order valence-corrected chi connectivity index (χ1v) is 11.4. The number of likely N-dealkylation sites (tertiary alicyclic amines) is 1. The standard InChI is InChI=1S/C20H28N6O3S/c21-18(19(27)24-11-14-4-3-9-26(13-14)20(22)23)12-25-30(28,29)17-8-7-15-5-1-2-6-16(15)10-17/h1-2,5-8,10,14,18,25H,3-4,9,11-13,21H2,(H3,22,23)(H,24,27)/t14?,18-/m0/s1. The van der Waals surface area contributed by atoms with Crippen LogP contribution in [-0.2, 0) is 14.8 Å². The zero-order valence-electron chi connectivity index (χ0n) is 16.7. The van der Waals surface area contributed by atoms with Crippen LogP contribution in [-0.4, -0.2) is 57.4 Å². The lowest BCUT2D eigenvalue weighted by molar-refractivity contribution is -0.122. The lowest BCUT2D eigenvalue weighted by atomic mass is 9.98. The lowest BCUT2D eigenvalue weighted by Crippen LogP contribution is -2.51. The van der Waals surface area contributed by atoms with Gasteiger partial charge in [-0.25, -0.2) is 13.1 Å². The number of carbonyl (C=O) groups excluding carboxylic acids is 1. The summed E-state index contributed by atoms with van der Waals surface area (Å²) in [7, 11) is -3.79. The molecule has 2 aromatic rings. The van der Waals surface area contributed by atoms with Crippen LogP contribution in [0.5, 0.6) is 0 Å². The quantitative estimate of drug-likeness (QED) is 0.310. The Morgan fingerprint density at radius 1 is 1.23 bits per heavy atom. The predicted molar refractivity (Wildman–Crippen MR) is 116 cm³/mol. The molecule has 1 fully saturated rings. The average Bonchev–Trinajstić information content (AvgIpc) is 2.75. The van der Waals surface area contributed by atoms with Crippen molar-refractivity contribution in [3.05, 3.63) is 42.5 Å². The van der Waals surface area contributed by atoms with E-state index in [0.717, 1.165) is 30.2 Å². The highest BCUT2D eigenvalue weighted by Crippen LogP contribution is 2.19. The Labute approximate surface area is 176 Å². The van der Waals surface area contributed by atoms with Gasteiger partial charge in [0.2, 0.25) is 15.9 Å². The summed E-state index contributed by atoms with van der Waals surface area (Å²) in [4.78, 5) is 14.2. The van der Waals surface area contributed by atoms with Crippen LogP contribution >= 0.6 is 0 Å². The molecule has 1 aliphatic heterocycles. The van der Waals surface area contributed by atoms with Crippen molar-refractivity contribution < 1.29 is 13.2 Å². The maximum absolute atomic E-state index is 12.6. The van der Waals surface area contributed by atoms with E-state index in [1.54, 1.807) is 17.0 Å². The van der Waals surface area contributed by atoms with Crippen LogP contribution in [0, 0.1) is 11.3 Å². The molecule has 2 aromatic carbocycles. The first kappa shape index (κ1) is 22.0. The molecule has 3 rings (SSSR count). The van der Waals surface area contributed by atoms with Gasteiger partial charge in [-0.1, -0.05) is 30.3 Å². The minimum Gasteiger partial charge on any atom is -0.370 e. The topological polar surface area (TPSA) is 154 Å². The molecular formula is C20H28N6O3S. The maximum atomic E-state index is 12.6. The number of carbonyl (C=O) groups is 1. The van der Waals surface area contributed by atoms with Gasteiger partial charge in [-0.2, -0.15) is 0 Å². The van der Waals surface area contributed by atoms with Crippen molar-refractivity contribution in [2.75, 3.05) is 26.2 Å². The Balaban J connectivity index is 1.51. The third kappa shape index (κ3) is 5.47. The van der Waals surface area contributed by atoms with Crippen LogP contribution in [0.3, 0.4) is 0 Å². The molecule has 0 saturated carbocycles. The molecule has 0 radical (unpaired) electrons. The van der Waals surface area contributed by atoms with Gasteiger partial charge in [0.15, 0.2) is 5.96 Å². The smallest absolute Gasteiger partial charge is 0.240 e. The van der Waals surface area contributed by atoms with E-state index in [2.05, 4.69) is 10.0 Å². The highest BCUT2D eigenvalue weighted by atomic mass is 32.2. The monoisotopic (exact) mass is 432 g/mol. The maximum Gasteiger partial charge on any atom is 0.240 e. The molecule has 30 heavy (non-hydrogen) atoms. The number of benzene rings is 2. The second-order valence-electron chi connectivity index (χ2n) is 7.55. The molecule has 1 amide bonds. The number of nitrogens with zero attached hydrogens (tertiary/aromatic N) is 1. The number of hydrogen-bond acceptors (Lipinski definition) is 5. The summed E-state index contributed by atoms with van der Waals surface area (Å²) in [5, 5.41) is 12.1. The van der Waals surface area contributed by atoms with Crippen molar-refractivity contribution in [3.63, 3.8) is 0 Å². The first-order chi connectivity index (χ1) is 14.3. The SMILES string of the molecule is N=C(N)N1CCCC(CNC(=O)[C@@H](N)CNS(=O)(=O)c2ccc3ccccc3c2)C1.